The number of oxazole rings is 1. The Kier molecular flexibility index (Phi) is 4.99. The largest absolute Gasteiger partial charge is 0.448 e. The maximum absolute atomic E-state index is 12.6. The van der Waals surface area contributed by atoms with Crippen LogP contribution in [0.15, 0.2) is 41.1 Å². The van der Waals surface area contributed by atoms with Crippen molar-refractivity contribution in [3.63, 3.8) is 0 Å². The maximum atomic E-state index is 12.6. The molecule has 0 bridgehead atoms. The van der Waals surface area contributed by atoms with E-state index in [0.29, 0.717) is 18.9 Å². The van der Waals surface area contributed by atoms with Crippen molar-refractivity contribution >= 4 is 11.9 Å². The van der Waals surface area contributed by atoms with E-state index in [1.165, 1.54) is 6.39 Å². The number of urea groups is 1. The van der Waals surface area contributed by atoms with Crippen molar-refractivity contribution in [2.24, 2.45) is 0 Å². The molecule has 2 N–H and O–H groups in total. The number of morpholine rings is 1. The van der Waals surface area contributed by atoms with Gasteiger partial charge in [0.2, 0.25) is 0 Å². The van der Waals surface area contributed by atoms with Crippen molar-refractivity contribution in [3.05, 3.63) is 53.7 Å². The van der Waals surface area contributed by atoms with Crippen molar-refractivity contribution < 1.29 is 18.7 Å². The highest BCUT2D eigenvalue weighted by Crippen LogP contribution is 2.26. The van der Waals surface area contributed by atoms with Crippen molar-refractivity contribution in [1.82, 2.24) is 20.7 Å². The van der Waals surface area contributed by atoms with Crippen LogP contribution < -0.4 is 10.9 Å². The number of aromatic nitrogens is 1. The molecule has 25 heavy (non-hydrogen) atoms. The predicted molar refractivity (Wildman–Crippen MR) is 88.5 cm³/mol. The number of carbonyl (C=O) groups is 2. The normalized spacial score (nSPS) is 20.2. The molecule has 0 spiro atoms. The highest BCUT2D eigenvalue weighted by molar-refractivity contribution is 5.94. The van der Waals surface area contributed by atoms with Gasteiger partial charge in [-0.25, -0.2) is 15.2 Å². The number of nitrogens with zero attached hydrogens (tertiary/aromatic N) is 2. The number of benzene rings is 1. The molecule has 1 aromatic heterocycles. The van der Waals surface area contributed by atoms with Gasteiger partial charge in [-0.05, 0) is 19.4 Å². The highest BCUT2D eigenvalue weighted by atomic mass is 16.5. The Morgan fingerprint density at radius 3 is 2.68 bits per heavy atom. The molecule has 1 saturated heterocycles. The molecule has 0 saturated carbocycles. The zero-order chi connectivity index (χ0) is 17.8. The summed E-state index contributed by atoms with van der Waals surface area (Å²) in [5, 5.41) is 0. The van der Waals surface area contributed by atoms with Crippen LogP contribution >= 0.6 is 0 Å². The van der Waals surface area contributed by atoms with Gasteiger partial charge < -0.3 is 14.1 Å². The van der Waals surface area contributed by atoms with Gasteiger partial charge >= 0.3 is 6.03 Å². The summed E-state index contributed by atoms with van der Waals surface area (Å²) < 4.78 is 10.7. The Balaban J connectivity index is 1.67. The smallest absolute Gasteiger partial charge is 0.336 e. The molecule has 2 heterocycles. The van der Waals surface area contributed by atoms with Gasteiger partial charge in [0.15, 0.2) is 12.1 Å². The van der Waals surface area contributed by atoms with Gasteiger partial charge in [-0.1, -0.05) is 30.3 Å². The molecular formula is C17H20N4O4. The van der Waals surface area contributed by atoms with E-state index in [4.69, 9.17) is 9.15 Å². The van der Waals surface area contributed by atoms with E-state index in [-0.39, 0.29) is 17.8 Å². The summed E-state index contributed by atoms with van der Waals surface area (Å²) in [5.41, 5.74) is 5.91. The van der Waals surface area contributed by atoms with Gasteiger partial charge in [0, 0.05) is 6.54 Å². The fourth-order valence-corrected chi connectivity index (χ4v) is 2.74. The molecule has 3 amide bonds. The fraction of sp³-hybridized carbons (Fsp3) is 0.353. The molecule has 8 heteroatoms. The first-order chi connectivity index (χ1) is 12.1. The molecule has 8 nitrogen and oxygen atoms in total. The van der Waals surface area contributed by atoms with Crippen LogP contribution in [0.2, 0.25) is 0 Å². The van der Waals surface area contributed by atoms with E-state index in [2.05, 4.69) is 15.8 Å². The molecular weight excluding hydrogens is 324 g/mol. The predicted octanol–water partition coefficient (Wildman–Crippen LogP) is 1.80. The quantitative estimate of drug-likeness (QED) is 0.810. The Morgan fingerprint density at radius 2 is 2.00 bits per heavy atom. The number of aryl methyl sites for hydroxylation is 1. The van der Waals surface area contributed by atoms with Crippen molar-refractivity contribution in [2.75, 3.05) is 13.2 Å². The second kappa shape index (κ2) is 7.35. The number of hydrogen-bond donors (Lipinski definition) is 2. The molecule has 1 aliphatic heterocycles. The van der Waals surface area contributed by atoms with Gasteiger partial charge in [-0.15, -0.1) is 0 Å². The van der Waals surface area contributed by atoms with E-state index < -0.39 is 11.9 Å². The minimum atomic E-state index is -0.530. The highest BCUT2D eigenvalue weighted by Gasteiger charge is 2.32. The Morgan fingerprint density at radius 1 is 1.24 bits per heavy atom. The van der Waals surface area contributed by atoms with E-state index in [9.17, 15) is 9.59 Å². The standard InChI is InChI=1S/C17H20N4O4/c1-11-8-21(14(9-24-11)13-6-4-3-5-7-13)17(23)20-19-16(22)15-12(2)25-10-18-15/h3-7,10-11,14H,8-9H2,1-2H3,(H,19,22)(H,20,23)/t11-,14+/m1/s1. The molecule has 3 rings (SSSR count). The second-order valence-corrected chi connectivity index (χ2v) is 5.86. The molecule has 1 fully saturated rings. The van der Waals surface area contributed by atoms with Gasteiger partial charge in [0.1, 0.15) is 5.76 Å². The molecule has 0 radical (unpaired) electrons. The van der Waals surface area contributed by atoms with Crippen LogP contribution in [-0.2, 0) is 4.74 Å². The molecule has 2 aromatic rings. The maximum Gasteiger partial charge on any atom is 0.336 e. The third-order valence-electron chi connectivity index (χ3n) is 4.06. The van der Waals surface area contributed by atoms with E-state index >= 15 is 0 Å². The first-order valence-electron chi connectivity index (χ1n) is 8.00. The summed E-state index contributed by atoms with van der Waals surface area (Å²) in [4.78, 5) is 30.1. The summed E-state index contributed by atoms with van der Waals surface area (Å²) in [7, 11) is 0. The number of hydrazine groups is 1. The first kappa shape index (κ1) is 17.0. The summed E-state index contributed by atoms with van der Waals surface area (Å²) >= 11 is 0. The minimum Gasteiger partial charge on any atom is -0.448 e. The lowest BCUT2D eigenvalue weighted by Gasteiger charge is -2.38. The molecule has 1 aliphatic rings. The fourth-order valence-electron chi connectivity index (χ4n) is 2.74. The van der Waals surface area contributed by atoms with Gasteiger partial charge in [0.25, 0.3) is 5.91 Å². The van der Waals surface area contributed by atoms with Crippen LogP contribution in [0.5, 0.6) is 0 Å². The zero-order valence-corrected chi connectivity index (χ0v) is 14.1. The first-order valence-corrected chi connectivity index (χ1v) is 8.00. The number of ether oxygens (including phenoxy) is 1. The van der Waals surface area contributed by atoms with Crippen LogP contribution in [0.1, 0.15) is 34.8 Å². The lowest BCUT2D eigenvalue weighted by molar-refractivity contribution is -0.0385. The Labute approximate surface area is 145 Å². The topological polar surface area (TPSA) is 96.7 Å². The molecule has 1 aromatic carbocycles. The van der Waals surface area contributed by atoms with Gasteiger partial charge in [-0.2, -0.15) is 0 Å². The zero-order valence-electron chi connectivity index (χ0n) is 14.1. The number of carbonyl (C=O) groups excluding carboxylic acids is 2. The summed E-state index contributed by atoms with van der Waals surface area (Å²) in [6, 6.07) is 9.02. The van der Waals surface area contributed by atoms with Gasteiger partial charge in [-0.3, -0.25) is 10.2 Å². The second-order valence-electron chi connectivity index (χ2n) is 5.86. The van der Waals surface area contributed by atoms with E-state index in [1.54, 1.807) is 11.8 Å². The SMILES string of the molecule is Cc1ocnc1C(=O)NNC(=O)N1C[C@@H](C)OC[C@H]1c1ccccc1. The van der Waals surface area contributed by atoms with Crippen LogP contribution in [0.4, 0.5) is 4.79 Å². The molecule has 0 aliphatic carbocycles. The monoisotopic (exact) mass is 344 g/mol. The summed E-state index contributed by atoms with van der Waals surface area (Å²) in [6.45, 7) is 4.34. The Hall–Kier alpha value is -2.87. The molecule has 2 atom stereocenters. The van der Waals surface area contributed by atoms with Crippen LogP contribution in [0.25, 0.3) is 0 Å². The minimum absolute atomic E-state index is 0.0841. The third-order valence-corrected chi connectivity index (χ3v) is 4.06. The Bertz CT molecular complexity index is 746. The average Bonchev–Trinajstić information content (AvgIpc) is 3.06. The average molecular weight is 344 g/mol. The molecule has 0 unspecified atom stereocenters. The van der Waals surface area contributed by atoms with Crippen LogP contribution in [-0.4, -0.2) is 41.1 Å². The number of rotatable bonds is 2. The number of nitrogens with one attached hydrogen (secondary N) is 2. The summed E-state index contributed by atoms with van der Waals surface area (Å²) in [5.74, 6) is -0.147. The summed E-state index contributed by atoms with van der Waals surface area (Å²) in [6.07, 6.45) is 1.10. The van der Waals surface area contributed by atoms with Crippen LogP contribution in [0, 0.1) is 6.92 Å². The third kappa shape index (κ3) is 3.80. The number of hydrogen-bond acceptors (Lipinski definition) is 5. The lowest BCUT2D eigenvalue weighted by atomic mass is 10.0. The van der Waals surface area contributed by atoms with Crippen molar-refractivity contribution in [3.8, 4) is 0 Å². The van der Waals surface area contributed by atoms with E-state index in [0.717, 1.165) is 5.56 Å². The lowest BCUT2D eigenvalue weighted by Crippen LogP contribution is -2.54. The van der Waals surface area contributed by atoms with E-state index in [1.807, 2.05) is 37.3 Å². The van der Waals surface area contributed by atoms with Crippen LogP contribution in [0.3, 0.4) is 0 Å². The number of amides is 3. The molecule has 132 valence electrons. The van der Waals surface area contributed by atoms with Crippen molar-refractivity contribution in [1.29, 1.82) is 0 Å². The van der Waals surface area contributed by atoms with Gasteiger partial charge in [0.05, 0.1) is 18.8 Å². The van der Waals surface area contributed by atoms with Crippen molar-refractivity contribution in [2.45, 2.75) is 26.0 Å².